The number of rotatable bonds is 6. The SMILES string of the molecule is CC[C@@H](C)C(=O)N[C@@H](Cc1ccccc1)C(=O)O. The minimum absolute atomic E-state index is 0.164. The first kappa shape index (κ1) is 14.2. The molecule has 18 heavy (non-hydrogen) atoms. The van der Waals surface area contributed by atoms with Gasteiger partial charge < -0.3 is 10.4 Å². The summed E-state index contributed by atoms with van der Waals surface area (Å²) in [4.78, 5) is 22.8. The van der Waals surface area contributed by atoms with Gasteiger partial charge in [-0.05, 0) is 12.0 Å². The molecule has 1 aromatic rings. The summed E-state index contributed by atoms with van der Waals surface area (Å²) in [6.45, 7) is 3.69. The van der Waals surface area contributed by atoms with Gasteiger partial charge in [0.05, 0.1) is 0 Å². The third-order valence-electron chi connectivity index (χ3n) is 2.96. The Hall–Kier alpha value is -1.84. The molecule has 0 spiro atoms. The van der Waals surface area contributed by atoms with Crippen molar-refractivity contribution in [3.8, 4) is 0 Å². The lowest BCUT2D eigenvalue weighted by molar-refractivity contribution is -0.142. The first-order chi connectivity index (χ1) is 8.54. The highest BCUT2D eigenvalue weighted by Crippen LogP contribution is 2.06. The molecule has 2 atom stereocenters. The second kappa shape index (κ2) is 6.79. The molecular formula is C14H19NO3. The second-order valence-corrected chi connectivity index (χ2v) is 4.40. The standard InChI is InChI=1S/C14H19NO3/c1-3-10(2)13(16)15-12(14(17)18)9-11-7-5-4-6-8-11/h4-8,10,12H,3,9H2,1-2H3,(H,15,16)(H,17,18)/t10-,12+/m1/s1. The largest absolute Gasteiger partial charge is 0.480 e. The number of hydrogen-bond donors (Lipinski definition) is 2. The number of carbonyl (C=O) groups is 2. The fourth-order valence-electron chi connectivity index (χ4n) is 1.55. The van der Waals surface area contributed by atoms with Crippen LogP contribution in [0, 0.1) is 5.92 Å². The predicted molar refractivity (Wildman–Crippen MR) is 69.2 cm³/mol. The van der Waals surface area contributed by atoms with Crippen molar-refractivity contribution in [2.24, 2.45) is 5.92 Å². The van der Waals surface area contributed by atoms with E-state index in [9.17, 15) is 9.59 Å². The van der Waals surface area contributed by atoms with Crippen LogP contribution in [0.25, 0.3) is 0 Å². The van der Waals surface area contributed by atoms with Crippen LogP contribution in [-0.2, 0) is 16.0 Å². The van der Waals surface area contributed by atoms with Gasteiger partial charge in [-0.2, -0.15) is 0 Å². The number of carboxylic acid groups (broad SMARTS) is 1. The zero-order chi connectivity index (χ0) is 13.5. The summed E-state index contributed by atoms with van der Waals surface area (Å²) in [7, 11) is 0. The number of carboxylic acids is 1. The van der Waals surface area contributed by atoms with Crippen LogP contribution >= 0.6 is 0 Å². The van der Waals surface area contributed by atoms with E-state index in [0.717, 1.165) is 5.56 Å². The number of nitrogens with one attached hydrogen (secondary N) is 1. The molecular weight excluding hydrogens is 230 g/mol. The van der Waals surface area contributed by atoms with Crippen molar-refractivity contribution >= 4 is 11.9 Å². The van der Waals surface area contributed by atoms with Crippen LogP contribution in [0.4, 0.5) is 0 Å². The lowest BCUT2D eigenvalue weighted by atomic mass is 10.0. The summed E-state index contributed by atoms with van der Waals surface area (Å²) in [5.41, 5.74) is 0.898. The van der Waals surface area contributed by atoms with E-state index in [1.807, 2.05) is 37.3 Å². The Bertz CT molecular complexity index is 403. The van der Waals surface area contributed by atoms with Crippen LogP contribution in [-0.4, -0.2) is 23.0 Å². The maximum atomic E-state index is 11.7. The van der Waals surface area contributed by atoms with Gasteiger partial charge in [-0.15, -0.1) is 0 Å². The molecule has 0 fully saturated rings. The van der Waals surface area contributed by atoms with E-state index >= 15 is 0 Å². The van der Waals surface area contributed by atoms with Gasteiger partial charge in [0, 0.05) is 12.3 Å². The van der Waals surface area contributed by atoms with E-state index in [0.29, 0.717) is 12.8 Å². The highest BCUT2D eigenvalue weighted by molar-refractivity contribution is 5.84. The maximum Gasteiger partial charge on any atom is 0.326 e. The van der Waals surface area contributed by atoms with E-state index in [2.05, 4.69) is 5.32 Å². The Morgan fingerprint density at radius 1 is 1.28 bits per heavy atom. The fourth-order valence-corrected chi connectivity index (χ4v) is 1.55. The predicted octanol–water partition coefficient (Wildman–Crippen LogP) is 1.84. The first-order valence-electron chi connectivity index (χ1n) is 6.11. The van der Waals surface area contributed by atoms with Gasteiger partial charge in [0.2, 0.25) is 5.91 Å². The van der Waals surface area contributed by atoms with Crippen molar-refractivity contribution in [2.45, 2.75) is 32.7 Å². The summed E-state index contributed by atoms with van der Waals surface area (Å²) < 4.78 is 0. The fraction of sp³-hybridized carbons (Fsp3) is 0.429. The number of amides is 1. The highest BCUT2D eigenvalue weighted by atomic mass is 16.4. The molecule has 0 unspecified atom stereocenters. The molecule has 4 heteroatoms. The van der Waals surface area contributed by atoms with Crippen LogP contribution in [0.15, 0.2) is 30.3 Å². The lowest BCUT2D eigenvalue weighted by Crippen LogP contribution is -2.44. The Morgan fingerprint density at radius 3 is 2.39 bits per heavy atom. The Balaban J connectivity index is 2.67. The van der Waals surface area contributed by atoms with Crippen molar-refractivity contribution < 1.29 is 14.7 Å². The first-order valence-corrected chi connectivity index (χ1v) is 6.11. The van der Waals surface area contributed by atoms with Crippen LogP contribution < -0.4 is 5.32 Å². The molecule has 4 nitrogen and oxygen atoms in total. The Labute approximate surface area is 107 Å². The maximum absolute atomic E-state index is 11.7. The van der Waals surface area contributed by atoms with Gasteiger partial charge in [0.25, 0.3) is 0 Å². The zero-order valence-electron chi connectivity index (χ0n) is 10.7. The van der Waals surface area contributed by atoms with E-state index < -0.39 is 12.0 Å². The number of carbonyl (C=O) groups excluding carboxylic acids is 1. The third-order valence-corrected chi connectivity index (χ3v) is 2.96. The second-order valence-electron chi connectivity index (χ2n) is 4.40. The summed E-state index contributed by atoms with van der Waals surface area (Å²) in [6, 6.07) is 8.41. The molecule has 0 saturated heterocycles. The molecule has 0 radical (unpaired) electrons. The quantitative estimate of drug-likeness (QED) is 0.808. The van der Waals surface area contributed by atoms with Gasteiger partial charge in [-0.3, -0.25) is 4.79 Å². The number of benzene rings is 1. The molecule has 1 rings (SSSR count). The van der Waals surface area contributed by atoms with Gasteiger partial charge in [0.1, 0.15) is 6.04 Å². The van der Waals surface area contributed by atoms with Crippen molar-refractivity contribution in [1.82, 2.24) is 5.32 Å². The summed E-state index contributed by atoms with van der Waals surface area (Å²) in [5, 5.41) is 11.7. The molecule has 0 aromatic heterocycles. The monoisotopic (exact) mass is 249 g/mol. The van der Waals surface area contributed by atoms with Crippen molar-refractivity contribution in [1.29, 1.82) is 0 Å². The summed E-state index contributed by atoms with van der Waals surface area (Å²) in [6.07, 6.45) is 1.00. The van der Waals surface area contributed by atoms with E-state index in [4.69, 9.17) is 5.11 Å². The van der Waals surface area contributed by atoms with Crippen LogP contribution in [0.5, 0.6) is 0 Å². The van der Waals surface area contributed by atoms with Gasteiger partial charge in [0.15, 0.2) is 0 Å². The average molecular weight is 249 g/mol. The minimum atomic E-state index is -1.00. The highest BCUT2D eigenvalue weighted by Gasteiger charge is 2.22. The number of aliphatic carboxylic acids is 1. The molecule has 0 saturated carbocycles. The third kappa shape index (κ3) is 4.20. The van der Waals surface area contributed by atoms with Crippen molar-refractivity contribution in [3.05, 3.63) is 35.9 Å². The van der Waals surface area contributed by atoms with Crippen molar-refractivity contribution in [3.63, 3.8) is 0 Å². The van der Waals surface area contributed by atoms with E-state index in [-0.39, 0.29) is 11.8 Å². The van der Waals surface area contributed by atoms with E-state index in [1.54, 1.807) is 6.92 Å². The molecule has 1 aromatic carbocycles. The Morgan fingerprint density at radius 2 is 1.89 bits per heavy atom. The van der Waals surface area contributed by atoms with Gasteiger partial charge in [-0.1, -0.05) is 44.2 Å². The van der Waals surface area contributed by atoms with Crippen LogP contribution in [0.1, 0.15) is 25.8 Å². The molecule has 0 aliphatic carbocycles. The van der Waals surface area contributed by atoms with E-state index in [1.165, 1.54) is 0 Å². The topological polar surface area (TPSA) is 66.4 Å². The molecule has 1 amide bonds. The number of hydrogen-bond acceptors (Lipinski definition) is 2. The van der Waals surface area contributed by atoms with Crippen molar-refractivity contribution in [2.75, 3.05) is 0 Å². The molecule has 2 N–H and O–H groups in total. The van der Waals surface area contributed by atoms with Gasteiger partial charge in [-0.25, -0.2) is 4.79 Å². The molecule has 0 heterocycles. The summed E-state index contributed by atoms with van der Waals surface area (Å²) >= 11 is 0. The normalized spacial score (nSPS) is 13.7. The zero-order valence-corrected chi connectivity index (χ0v) is 10.7. The smallest absolute Gasteiger partial charge is 0.326 e. The lowest BCUT2D eigenvalue weighted by Gasteiger charge is -2.17. The van der Waals surface area contributed by atoms with Crippen LogP contribution in [0.2, 0.25) is 0 Å². The van der Waals surface area contributed by atoms with Crippen LogP contribution in [0.3, 0.4) is 0 Å². The summed E-state index contributed by atoms with van der Waals surface area (Å²) in [5.74, 6) is -1.38. The molecule has 98 valence electrons. The minimum Gasteiger partial charge on any atom is -0.480 e. The van der Waals surface area contributed by atoms with Gasteiger partial charge >= 0.3 is 5.97 Å². The molecule has 0 bridgehead atoms. The molecule has 0 aliphatic heterocycles. The Kier molecular flexibility index (Phi) is 5.36. The average Bonchev–Trinajstić information content (AvgIpc) is 2.37. The molecule has 0 aliphatic rings.